The molecule has 0 saturated carbocycles. The first-order chi connectivity index (χ1) is 9.45. The first-order valence-corrected chi connectivity index (χ1v) is 7.27. The molecule has 7 heteroatoms. The minimum absolute atomic E-state index is 0.00765. The van der Waals surface area contributed by atoms with Crippen LogP contribution in [-0.2, 0) is 10.0 Å². The Labute approximate surface area is 114 Å². The summed E-state index contributed by atoms with van der Waals surface area (Å²) in [6.45, 7) is 0. The van der Waals surface area contributed by atoms with Crippen LogP contribution in [0, 0.1) is 5.82 Å². The van der Waals surface area contributed by atoms with Gasteiger partial charge in [0, 0.05) is 10.9 Å². The van der Waals surface area contributed by atoms with E-state index in [9.17, 15) is 12.8 Å². The van der Waals surface area contributed by atoms with Gasteiger partial charge in [0.15, 0.2) is 0 Å². The number of halogens is 1. The molecular weight excluding hydrogens is 281 g/mol. The van der Waals surface area contributed by atoms with Crippen LogP contribution in [0.2, 0.25) is 0 Å². The monoisotopic (exact) mass is 291 g/mol. The maximum absolute atomic E-state index is 13.1. The van der Waals surface area contributed by atoms with Gasteiger partial charge in [-0.05, 0) is 30.3 Å². The number of rotatable bonds is 2. The number of fused-ring (bicyclic) bond motifs is 1. The molecule has 0 spiro atoms. The molecule has 0 radical (unpaired) electrons. The van der Waals surface area contributed by atoms with Crippen LogP contribution in [0.15, 0.2) is 47.4 Å². The zero-order chi connectivity index (χ0) is 14.3. The number of nitrogens with zero attached hydrogens (tertiary/aromatic N) is 1. The molecule has 20 heavy (non-hydrogen) atoms. The lowest BCUT2D eigenvalue weighted by molar-refractivity contribution is 0.598. The predicted octanol–water partition coefficient (Wildman–Crippen LogP) is 2.02. The predicted molar refractivity (Wildman–Crippen MR) is 72.9 cm³/mol. The summed E-state index contributed by atoms with van der Waals surface area (Å²) in [6, 6.07) is 10.4. The Morgan fingerprint density at radius 1 is 1.15 bits per heavy atom. The Kier molecular flexibility index (Phi) is 2.81. The molecule has 3 N–H and O–H groups in total. The Balaban J connectivity index is 2.21. The quantitative estimate of drug-likeness (QED) is 0.757. The highest BCUT2D eigenvalue weighted by Gasteiger charge is 2.12. The van der Waals surface area contributed by atoms with Gasteiger partial charge in [-0.25, -0.2) is 17.9 Å². The van der Waals surface area contributed by atoms with Gasteiger partial charge in [-0.2, -0.15) is 5.10 Å². The summed E-state index contributed by atoms with van der Waals surface area (Å²) in [6.07, 6.45) is 0. The average molecular weight is 291 g/mol. The first-order valence-electron chi connectivity index (χ1n) is 5.72. The molecule has 5 nitrogen and oxygen atoms in total. The molecule has 0 aliphatic heterocycles. The maximum Gasteiger partial charge on any atom is 0.238 e. The number of hydrogen-bond acceptors (Lipinski definition) is 3. The van der Waals surface area contributed by atoms with Crippen molar-refractivity contribution in [3.05, 3.63) is 48.3 Å². The van der Waals surface area contributed by atoms with Gasteiger partial charge in [-0.3, -0.25) is 5.10 Å². The second kappa shape index (κ2) is 4.39. The SMILES string of the molecule is NS(=O)(=O)c1cccc(-c2n[nH]c3cc(F)ccc23)c1. The molecule has 0 bridgehead atoms. The fourth-order valence-electron chi connectivity index (χ4n) is 2.03. The van der Waals surface area contributed by atoms with Gasteiger partial charge in [0.1, 0.15) is 5.82 Å². The molecule has 3 rings (SSSR count). The summed E-state index contributed by atoms with van der Waals surface area (Å²) >= 11 is 0. The second-order valence-electron chi connectivity index (χ2n) is 4.33. The van der Waals surface area contributed by atoms with E-state index in [0.717, 1.165) is 0 Å². The van der Waals surface area contributed by atoms with E-state index in [4.69, 9.17) is 5.14 Å². The van der Waals surface area contributed by atoms with E-state index >= 15 is 0 Å². The molecule has 0 saturated heterocycles. The van der Waals surface area contributed by atoms with Gasteiger partial charge in [-0.1, -0.05) is 12.1 Å². The van der Waals surface area contributed by atoms with Gasteiger partial charge in [0.25, 0.3) is 0 Å². The number of benzene rings is 2. The first kappa shape index (κ1) is 12.8. The van der Waals surface area contributed by atoms with Gasteiger partial charge in [-0.15, -0.1) is 0 Å². The molecule has 0 aliphatic rings. The fraction of sp³-hybridized carbons (Fsp3) is 0. The molecular formula is C13H10FN3O2S. The average Bonchev–Trinajstić information content (AvgIpc) is 2.80. The Morgan fingerprint density at radius 3 is 2.70 bits per heavy atom. The number of sulfonamides is 1. The minimum Gasteiger partial charge on any atom is -0.277 e. The molecule has 0 unspecified atom stereocenters. The number of nitrogens with two attached hydrogens (primary N) is 1. The van der Waals surface area contributed by atoms with Crippen molar-refractivity contribution in [1.82, 2.24) is 10.2 Å². The van der Waals surface area contributed by atoms with E-state index in [-0.39, 0.29) is 10.7 Å². The van der Waals surface area contributed by atoms with Crippen LogP contribution >= 0.6 is 0 Å². The summed E-state index contributed by atoms with van der Waals surface area (Å²) < 4.78 is 35.9. The highest BCUT2D eigenvalue weighted by Crippen LogP contribution is 2.27. The normalized spacial score (nSPS) is 11.9. The number of hydrogen-bond donors (Lipinski definition) is 2. The Bertz CT molecular complexity index is 903. The summed E-state index contributed by atoms with van der Waals surface area (Å²) in [5, 5.41) is 12.6. The maximum atomic E-state index is 13.1. The van der Waals surface area contributed by atoms with E-state index in [0.29, 0.717) is 22.2 Å². The Morgan fingerprint density at radius 2 is 1.95 bits per heavy atom. The van der Waals surface area contributed by atoms with Crippen molar-refractivity contribution in [3.63, 3.8) is 0 Å². The smallest absolute Gasteiger partial charge is 0.238 e. The molecule has 0 atom stereocenters. The molecule has 0 aliphatic carbocycles. The van der Waals surface area contributed by atoms with Crippen LogP contribution in [0.5, 0.6) is 0 Å². The number of H-pyrrole nitrogens is 1. The fourth-order valence-corrected chi connectivity index (χ4v) is 2.59. The molecule has 0 fully saturated rings. The van der Waals surface area contributed by atoms with E-state index in [2.05, 4.69) is 10.2 Å². The van der Waals surface area contributed by atoms with E-state index < -0.39 is 10.0 Å². The van der Waals surface area contributed by atoms with Crippen molar-refractivity contribution in [1.29, 1.82) is 0 Å². The van der Waals surface area contributed by atoms with Crippen LogP contribution in [0.4, 0.5) is 4.39 Å². The van der Waals surface area contributed by atoms with Crippen LogP contribution in [-0.4, -0.2) is 18.6 Å². The molecule has 2 aromatic carbocycles. The molecule has 0 amide bonds. The minimum atomic E-state index is -3.77. The number of aromatic amines is 1. The molecule has 102 valence electrons. The summed E-state index contributed by atoms with van der Waals surface area (Å²) in [5.74, 6) is -0.369. The van der Waals surface area contributed by atoms with Crippen LogP contribution in [0.1, 0.15) is 0 Å². The van der Waals surface area contributed by atoms with Crippen molar-refractivity contribution >= 4 is 20.9 Å². The topological polar surface area (TPSA) is 88.8 Å². The summed E-state index contributed by atoms with van der Waals surface area (Å²) in [4.78, 5) is 0.00765. The third kappa shape index (κ3) is 2.17. The van der Waals surface area contributed by atoms with Crippen molar-refractivity contribution in [2.24, 2.45) is 5.14 Å². The second-order valence-corrected chi connectivity index (χ2v) is 5.90. The zero-order valence-electron chi connectivity index (χ0n) is 10.2. The molecule has 3 aromatic rings. The summed E-state index contributed by atoms with van der Waals surface area (Å²) in [7, 11) is -3.77. The van der Waals surface area contributed by atoms with Crippen molar-refractivity contribution < 1.29 is 12.8 Å². The van der Waals surface area contributed by atoms with E-state index in [1.165, 1.54) is 24.3 Å². The van der Waals surface area contributed by atoms with Crippen LogP contribution in [0.3, 0.4) is 0 Å². The lowest BCUT2D eigenvalue weighted by atomic mass is 10.1. The van der Waals surface area contributed by atoms with Crippen molar-refractivity contribution in [3.8, 4) is 11.3 Å². The van der Waals surface area contributed by atoms with Gasteiger partial charge >= 0.3 is 0 Å². The van der Waals surface area contributed by atoms with Crippen LogP contribution < -0.4 is 5.14 Å². The van der Waals surface area contributed by atoms with Crippen molar-refractivity contribution in [2.75, 3.05) is 0 Å². The van der Waals surface area contributed by atoms with E-state index in [1.807, 2.05) is 0 Å². The van der Waals surface area contributed by atoms with Gasteiger partial charge in [0.2, 0.25) is 10.0 Å². The van der Waals surface area contributed by atoms with Gasteiger partial charge < -0.3 is 0 Å². The Hall–Kier alpha value is -2.25. The van der Waals surface area contributed by atoms with Gasteiger partial charge in [0.05, 0.1) is 16.1 Å². The van der Waals surface area contributed by atoms with Crippen molar-refractivity contribution in [2.45, 2.75) is 4.90 Å². The third-order valence-electron chi connectivity index (χ3n) is 2.96. The summed E-state index contributed by atoms with van der Waals surface area (Å²) in [5.41, 5.74) is 1.68. The highest BCUT2D eigenvalue weighted by atomic mass is 32.2. The number of nitrogens with one attached hydrogen (secondary N) is 1. The van der Waals surface area contributed by atoms with Crippen LogP contribution in [0.25, 0.3) is 22.2 Å². The lowest BCUT2D eigenvalue weighted by Gasteiger charge is -2.02. The van der Waals surface area contributed by atoms with E-state index in [1.54, 1.807) is 18.2 Å². The third-order valence-corrected chi connectivity index (χ3v) is 3.87. The highest BCUT2D eigenvalue weighted by molar-refractivity contribution is 7.89. The molecule has 1 heterocycles. The number of primary sulfonamides is 1. The largest absolute Gasteiger partial charge is 0.277 e. The standard InChI is InChI=1S/C13H10FN3O2S/c14-9-4-5-11-12(7-9)16-17-13(11)8-2-1-3-10(6-8)20(15,18)19/h1-7H,(H,16,17)(H2,15,18,19). The number of aromatic nitrogens is 2. The lowest BCUT2D eigenvalue weighted by Crippen LogP contribution is -2.11. The zero-order valence-corrected chi connectivity index (χ0v) is 11.0. The molecule has 1 aromatic heterocycles.